The second kappa shape index (κ2) is 6.68. The number of nitrogens with one attached hydrogen (secondary N) is 1. The Morgan fingerprint density at radius 3 is 2.68 bits per heavy atom. The van der Waals surface area contributed by atoms with E-state index in [0.29, 0.717) is 6.61 Å². The molecular weight excluding hydrogens is 240 g/mol. The van der Waals surface area contributed by atoms with Crippen LogP contribution in [-0.4, -0.2) is 19.1 Å². The molecule has 0 saturated heterocycles. The van der Waals surface area contributed by atoms with Gasteiger partial charge in [0.25, 0.3) is 0 Å². The van der Waals surface area contributed by atoms with Gasteiger partial charge in [-0.3, -0.25) is 4.79 Å². The summed E-state index contributed by atoms with van der Waals surface area (Å²) in [5.41, 5.74) is 7.72. The average Bonchev–Trinajstić information content (AvgIpc) is 2.42. The summed E-state index contributed by atoms with van der Waals surface area (Å²) in [7, 11) is 1.65. The molecule has 0 aromatic heterocycles. The molecule has 19 heavy (non-hydrogen) atoms. The van der Waals surface area contributed by atoms with E-state index in [0.717, 1.165) is 36.9 Å². The van der Waals surface area contributed by atoms with Crippen LogP contribution in [0.4, 0.5) is 5.69 Å². The van der Waals surface area contributed by atoms with Crippen molar-refractivity contribution in [1.29, 1.82) is 0 Å². The normalized spacial score (nSPS) is 23.1. The van der Waals surface area contributed by atoms with E-state index in [1.807, 2.05) is 24.3 Å². The van der Waals surface area contributed by atoms with Crippen LogP contribution >= 0.6 is 0 Å². The minimum Gasteiger partial charge on any atom is -0.380 e. The Morgan fingerprint density at radius 1 is 1.32 bits per heavy atom. The number of carbonyl (C=O) groups is 1. The van der Waals surface area contributed by atoms with Gasteiger partial charge in [0, 0.05) is 30.3 Å². The summed E-state index contributed by atoms with van der Waals surface area (Å²) in [5, 5.41) is 3.02. The standard InChI is InChI=1S/C15H22N2O2/c1-19-10-12-4-2-3-5-14(12)17-15(18)11-6-8-13(16)9-7-11/h2-5,11,13H,6-10,16H2,1H3,(H,17,18). The number of methoxy groups -OCH3 is 1. The van der Waals surface area contributed by atoms with E-state index < -0.39 is 0 Å². The van der Waals surface area contributed by atoms with Gasteiger partial charge in [-0.15, -0.1) is 0 Å². The van der Waals surface area contributed by atoms with Crippen LogP contribution in [0.1, 0.15) is 31.2 Å². The second-order valence-corrected chi connectivity index (χ2v) is 5.19. The monoisotopic (exact) mass is 262 g/mol. The lowest BCUT2D eigenvalue weighted by atomic mass is 9.86. The lowest BCUT2D eigenvalue weighted by Gasteiger charge is -2.25. The predicted molar refractivity (Wildman–Crippen MR) is 75.7 cm³/mol. The topological polar surface area (TPSA) is 64.3 Å². The molecule has 4 heteroatoms. The highest BCUT2D eigenvalue weighted by Gasteiger charge is 2.24. The largest absolute Gasteiger partial charge is 0.380 e. The van der Waals surface area contributed by atoms with Crippen LogP contribution in [0.3, 0.4) is 0 Å². The van der Waals surface area contributed by atoms with Crippen molar-refractivity contribution in [3.8, 4) is 0 Å². The maximum Gasteiger partial charge on any atom is 0.227 e. The summed E-state index contributed by atoms with van der Waals surface area (Å²) in [6, 6.07) is 8.02. The molecule has 1 aliphatic carbocycles. The van der Waals surface area contributed by atoms with Crippen molar-refractivity contribution in [3.05, 3.63) is 29.8 Å². The van der Waals surface area contributed by atoms with Gasteiger partial charge in [-0.2, -0.15) is 0 Å². The number of hydrogen-bond donors (Lipinski definition) is 2. The first kappa shape index (κ1) is 14.0. The molecule has 2 rings (SSSR count). The smallest absolute Gasteiger partial charge is 0.227 e. The Hall–Kier alpha value is -1.39. The summed E-state index contributed by atoms with van der Waals surface area (Å²) in [6.07, 6.45) is 3.66. The number of para-hydroxylation sites is 1. The van der Waals surface area contributed by atoms with Gasteiger partial charge in [0.05, 0.1) is 6.61 Å². The first-order chi connectivity index (χ1) is 9.20. The predicted octanol–water partition coefficient (Wildman–Crippen LogP) is 2.29. The number of ether oxygens (including phenoxy) is 1. The number of anilines is 1. The second-order valence-electron chi connectivity index (χ2n) is 5.19. The maximum atomic E-state index is 12.2. The SMILES string of the molecule is COCc1ccccc1NC(=O)C1CCC(N)CC1. The molecule has 0 spiro atoms. The highest BCUT2D eigenvalue weighted by atomic mass is 16.5. The van der Waals surface area contributed by atoms with Crippen molar-refractivity contribution in [2.75, 3.05) is 12.4 Å². The lowest BCUT2D eigenvalue weighted by Crippen LogP contribution is -2.32. The molecule has 0 bridgehead atoms. The van der Waals surface area contributed by atoms with E-state index in [1.165, 1.54) is 0 Å². The maximum absolute atomic E-state index is 12.2. The van der Waals surface area contributed by atoms with Crippen molar-refractivity contribution in [2.45, 2.75) is 38.3 Å². The molecule has 1 saturated carbocycles. The zero-order valence-electron chi connectivity index (χ0n) is 11.4. The third kappa shape index (κ3) is 3.78. The van der Waals surface area contributed by atoms with Crippen molar-refractivity contribution >= 4 is 11.6 Å². The Kier molecular flexibility index (Phi) is 4.93. The number of benzene rings is 1. The van der Waals surface area contributed by atoms with Crippen LogP contribution in [0.25, 0.3) is 0 Å². The molecule has 0 aliphatic heterocycles. The highest BCUT2D eigenvalue weighted by Crippen LogP contribution is 2.25. The van der Waals surface area contributed by atoms with E-state index in [-0.39, 0.29) is 17.9 Å². The first-order valence-corrected chi connectivity index (χ1v) is 6.84. The summed E-state index contributed by atoms with van der Waals surface area (Å²) >= 11 is 0. The highest BCUT2D eigenvalue weighted by molar-refractivity contribution is 5.93. The van der Waals surface area contributed by atoms with Gasteiger partial charge >= 0.3 is 0 Å². The van der Waals surface area contributed by atoms with Crippen LogP contribution in [0.2, 0.25) is 0 Å². The van der Waals surface area contributed by atoms with Crippen molar-refractivity contribution in [2.24, 2.45) is 11.7 Å². The van der Waals surface area contributed by atoms with E-state index in [9.17, 15) is 4.79 Å². The molecule has 3 N–H and O–H groups in total. The van der Waals surface area contributed by atoms with Crippen LogP contribution in [-0.2, 0) is 16.1 Å². The minimum absolute atomic E-state index is 0.0930. The molecule has 104 valence electrons. The van der Waals surface area contributed by atoms with Crippen molar-refractivity contribution < 1.29 is 9.53 Å². The molecule has 0 heterocycles. The van der Waals surface area contributed by atoms with Crippen LogP contribution in [0.5, 0.6) is 0 Å². The molecule has 1 fully saturated rings. The summed E-state index contributed by atoms with van der Waals surface area (Å²) in [5.74, 6) is 0.200. The molecule has 1 aromatic carbocycles. The average molecular weight is 262 g/mol. The summed E-state index contributed by atoms with van der Waals surface area (Å²) in [4.78, 5) is 12.2. The quantitative estimate of drug-likeness (QED) is 0.875. The fraction of sp³-hybridized carbons (Fsp3) is 0.533. The van der Waals surface area contributed by atoms with Crippen molar-refractivity contribution in [3.63, 3.8) is 0 Å². The molecule has 0 unspecified atom stereocenters. The van der Waals surface area contributed by atoms with Crippen molar-refractivity contribution in [1.82, 2.24) is 0 Å². The molecule has 1 aromatic rings. The Balaban J connectivity index is 1.98. The van der Waals surface area contributed by atoms with Gasteiger partial charge in [-0.25, -0.2) is 0 Å². The molecule has 0 atom stereocenters. The van der Waals surface area contributed by atoms with Gasteiger partial charge < -0.3 is 15.8 Å². The van der Waals surface area contributed by atoms with Gasteiger partial charge in [-0.05, 0) is 31.7 Å². The fourth-order valence-corrected chi connectivity index (χ4v) is 2.54. The van der Waals surface area contributed by atoms with Gasteiger partial charge in [0.15, 0.2) is 0 Å². The van der Waals surface area contributed by atoms with E-state index in [4.69, 9.17) is 10.5 Å². The number of rotatable bonds is 4. The molecule has 4 nitrogen and oxygen atoms in total. The molecule has 1 aliphatic rings. The third-order valence-electron chi connectivity index (χ3n) is 3.72. The first-order valence-electron chi connectivity index (χ1n) is 6.84. The number of amides is 1. The molecule has 0 radical (unpaired) electrons. The summed E-state index contributed by atoms with van der Waals surface area (Å²) < 4.78 is 5.14. The van der Waals surface area contributed by atoms with E-state index >= 15 is 0 Å². The zero-order chi connectivity index (χ0) is 13.7. The lowest BCUT2D eigenvalue weighted by molar-refractivity contribution is -0.120. The number of carbonyl (C=O) groups excluding carboxylic acids is 1. The van der Waals surface area contributed by atoms with Crippen LogP contribution < -0.4 is 11.1 Å². The minimum atomic E-state index is 0.0930. The van der Waals surface area contributed by atoms with E-state index in [1.54, 1.807) is 7.11 Å². The Bertz CT molecular complexity index is 426. The zero-order valence-corrected chi connectivity index (χ0v) is 11.4. The van der Waals surface area contributed by atoms with Gasteiger partial charge in [0.1, 0.15) is 0 Å². The number of nitrogens with two attached hydrogens (primary N) is 1. The van der Waals surface area contributed by atoms with Crippen LogP contribution in [0, 0.1) is 5.92 Å². The van der Waals surface area contributed by atoms with Gasteiger partial charge in [-0.1, -0.05) is 18.2 Å². The molecule has 1 amide bonds. The molecular formula is C15H22N2O2. The van der Waals surface area contributed by atoms with Crippen LogP contribution in [0.15, 0.2) is 24.3 Å². The fourth-order valence-electron chi connectivity index (χ4n) is 2.54. The summed E-state index contributed by atoms with van der Waals surface area (Å²) in [6.45, 7) is 0.506. The third-order valence-corrected chi connectivity index (χ3v) is 3.72. The Morgan fingerprint density at radius 2 is 2.00 bits per heavy atom. The Labute approximate surface area is 114 Å². The number of hydrogen-bond acceptors (Lipinski definition) is 3. The van der Waals surface area contributed by atoms with E-state index in [2.05, 4.69) is 5.32 Å². The van der Waals surface area contributed by atoms with Gasteiger partial charge in [0.2, 0.25) is 5.91 Å².